The van der Waals surface area contributed by atoms with Crippen LogP contribution in [-0.2, 0) is 0 Å². The third kappa shape index (κ3) is 1.46. The second kappa shape index (κ2) is 3.20. The van der Waals surface area contributed by atoms with E-state index in [0.29, 0.717) is 0 Å². The van der Waals surface area contributed by atoms with E-state index in [9.17, 15) is 0 Å². The molecule has 1 fully saturated rings. The average Bonchev–Trinajstić information content (AvgIpc) is 2.05. The highest BCUT2D eigenvalue weighted by atomic mass is 15.1. The molecule has 0 spiro atoms. The summed E-state index contributed by atoms with van der Waals surface area (Å²) < 4.78 is 0. The SMILES string of the molecule is N/N=C1\CCC/C(=N\N)C1. The fourth-order valence-electron chi connectivity index (χ4n) is 1.13. The zero-order valence-corrected chi connectivity index (χ0v) is 5.88. The van der Waals surface area contributed by atoms with Gasteiger partial charge in [-0.3, -0.25) is 0 Å². The van der Waals surface area contributed by atoms with E-state index in [1.165, 1.54) is 0 Å². The molecule has 0 aromatic carbocycles. The number of nitrogens with two attached hydrogens (primary N) is 2. The molecule has 0 amide bonds. The van der Waals surface area contributed by atoms with E-state index in [1.54, 1.807) is 0 Å². The fourth-order valence-corrected chi connectivity index (χ4v) is 1.13. The van der Waals surface area contributed by atoms with Crippen molar-refractivity contribution in [3.63, 3.8) is 0 Å². The monoisotopic (exact) mass is 140 g/mol. The largest absolute Gasteiger partial charge is 0.323 e. The second-order valence-corrected chi connectivity index (χ2v) is 2.42. The van der Waals surface area contributed by atoms with Crippen LogP contribution in [0.25, 0.3) is 0 Å². The van der Waals surface area contributed by atoms with E-state index in [-0.39, 0.29) is 0 Å². The first-order chi connectivity index (χ1) is 4.86. The Balaban J connectivity index is 2.56. The van der Waals surface area contributed by atoms with Gasteiger partial charge in [0.25, 0.3) is 0 Å². The Morgan fingerprint density at radius 2 is 1.50 bits per heavy atom. The summed E-state index contributed by atoms with van der Waals surface area (Å²) in [6.45, 7) is 0. The van der Waals surface area contributed by atoms with Crippen LogP contribution >= 0.6 is 0 Å². The van der Waals surface area contributed by atoms with Crippen LogP contribution in [0.15, 0.2) is 10.2 Å². The lowest BCUT2D eigenvalue weighted by atomic mass is 9.97. The highest BCUT2D eigenvalue weighted by Crippen LogP contribution is 2.11. The van der Waals surface area contributed by atoms with Crippen LogP contribution in [-0.4, -0.2) is 11.4 Å². The van der Waals surface area contributed by atoms with Gasteiger partial charge in [-0.15, -0.1) is 0 Å². The number of hydrogen-bond acceptors (Lipinski definition) is 4. The standard InChI is InChI=1S/C6H12N4/c7-9-5-2-1-3-6(4-5)10-8/h1-4,7-8H2/b9-5+,10-6+. The predicted molar refractivity (Wildman–Crippen MR) is 41.7 cm³/mol. The smallest absolute Gasteiger partial charge is 0.0432 e. The second-order valence-electron chi connectivity index (χ2n) is 2.42. The highest BCUT2D eigenvalue weighted by Gasteiger charge is 2.11. The zero-order valence-electron chi connectivity index (χ0n) is 5.88. The number of nitrogens with zero attached hydrogens (tertiary/aromatic N) is 2. The van der Waals surface area contributed by atoms with Crippen LogP contribution in [0.1, 0.15) is 25.7 Å². The van der Waals surface area contributed by atoms with E-state index in [1.807, 2.05) is 0 Å². The molecule has 0 radical (unpaired) electrons. The Hall–Kier alpha value is -1.06. The van der Waals surface area contributed by atoms with Crippen molar-refractivity contribution in [1.29, 1.82) is 0 Å². The summed E-state index contributed by atoms with van der Waals surface area (Å²) in [7, 11) is 0. The molecule has 4 N–H and O–H groups in total. The lowest BCUT2D eigenvalue weighted by Gasteiger charge is -2.12. The minimum absolute atomic E-state index is 0.771. The van der Waals surface area contributed by atoms with E-state index >= 15 is 0 Å². The van der Waals surface area contributed by atoms with E-state index in [4.69, 9.17) is 11.7 Å². The van der Waals surface area contributed by atoms with Gasteiger partial charge in [-0.25, -0.2) is 0 Å². The van der Waals surface area contributed by atoms with Crippen molar-refractivity contribution >= 4 is 11.4 Å². The Morgan fingerprint density at radius 1 is 1.00 bits per heavy atom. The summed E-state index contributed by atoms with van der Waals surface area (Å²) in [6.07, 6.45) is 3.84. The fraction of sp³-hybridized carbons (Fsp3) is 0.667. The Morgan fingerprint density at radius 3 is 1.90 bits per heavy atom. The first kappa shape index (κ1) is 7.05. The molecule has 0 atom stereocenters. The summed E-state index contributed by atoms with van der Waals surface area (Å²) in [5.41, 5.74) is 2.02. The molecule has 0 aliphatic heterocycles. The number of hydrazone groups is 2. The molecular formula is C6H12N4. The molecule has 1 saturated carbocycles. The molecule has 10 heavy (non-hydrogen) atoms. The van der Waals surface area contributed by atoms with Gasteiger partial charge in [0.1, 0.15) is 0 Å². The van der Waals surface area contributed by atoms with Gasteiger partial charge >= 0.3 is 0 Å². The molecule has 0 heterocycles. The van der Waals surface area contributed by atoms with Gasteiger partial charge in [0, 0.05) is 17.8 Å². The van der Waals surface area contributed by atoms with E-state index in [0.717, 1.165) is 37.1 Å². The van der Waals surface area contributed by atoms with Gasteiger partial charge in [0.2, 0.25) is 0 Å². The molecule has 1 aliphatic carbocycles. The zero-order chi connectivity index (χ0) is 7.40. The van der Waals surface area contributed by atoms with Gasteiger partial charge in [-0.05, 0) is 19.3 Å². The molecule has 0 saturated heterocycles. The molecule has 0 aromatic rings. The topological polar surface area (TPSA) is 76.8 Å². The minimum atomic E-state index is 0.771. The van der Waals surface area contributed by atoms with Gasteiger partial charge < -0.3 is 11.7 Å². The van der Waals surface area contributed by atoms with E-state index < -0.39 is 0 Å². The lowest BCUT2D eigenvalue weighted by molar-refractivity contribution is 0.861. The van der Waals surface area contributed by atoms with Crippen molar-refractivity contribution in [1.82, 2.24) is 0 Å². The van der Waals surface area contributed by atoms with Gasteiger partial charge in [-0.1, -0.05) is 0 Å². The number of hydrogen-bond donors (Lipinski definition) is 2. The highest BCUT2D eigenvalue weighted by molar-refractivity contribution is 6.06. The van der Waals surface area contributed by atoms with Gasteiger partial charge in [0.15, 0.2) is 0 Å². The minimum Gasteiger partial charge on any atom is -0.323 e. The lowest BCUT2D eigenvalue weighted by Crippen LogP contribution is -2.17. The van der Waals surface area contributed by atoms with Crippen LogP contribution in [0.3, 0.4) is 0 Å². The van der Waals surface area contributed by atoms with Gasteiger partial charge in [-0.2, -0.15) is 10.2 Å². The summed E-state index contributed by atoms with van der Waals surface area (Å²) in [4.78, 5) is 0. The molecule has 0 aromatic heterocycles. The van der Waals surface area contributed by atoms with Crippen LogP contribution in [0.2, 0.25) is 0 Å². The van der Waals surface area contributed by atoms with Crippen LogP contribution < -0.4 is 11.7 Å². The maximum atomic E-state index is 5.11. The molecule has 4 nitrogen and oxygen atoms in total. The summed E-state index contributed by atoms with van der Waals surface area (Å²) in [5.74, 6) is 10.2. The Kier molecular flexibility index (Phi) is 2.25. The molecule has 1 aliphatic rings. The summed E-state index contributed by atoms with van der Waals surface area (Å²) in [6, 6.07) is 0. The Bertz CT molecular complexity index is 153. The molecule has 1 rings (SSSR count). The quantitative estimate of drug-likeness (QED) is 0.372. The average molecular weight is 140 g/mol. The van der Waals surface area contributed by atoms with Crippen molar-refractivity contribution in [2.24, 2.45) is 21.9 Å². The molecule has 0 bridgehead atoms. The third-order valence-electron chi connectivity index (χ3n) is 1.70. The maximum Gasteiger partial charge on any atom is 0.0432 e. The van der Waals surface area contributed by atoms with Crippen molar-refractivity contribution in [2.75, 3.05) is 0 Å². The third-order valence-corrected chi connectivity index (χ3v) is 1.70. The predicted octanol–water partition coefficient (Wildman–Crippen LogP) is 0.190. The van der Waals surface area contributed by atoms with Crippen molar-refractivity contribution in [2.45, 2.75) is 25.7 Å². The summed E-state index contributed by atoms with van der Waals surface area (Å²) in [5, 5.41) is 7.25. The van der Waals surface area contributed by atoms with E-state index in [2.05, 4.69) is 10.2 Å². The first-order valence-corrected chi connectivity index (χ1v) is 3.38. The van der Waals surface area contributed by atoms with Crippen LogP contribution in [0.5, 0.6) is 0 Å². The number of rotatable bonds is 0. The summed E-state index contributed by atoms with van der Waals surface area (Å²) >= 11 is 0. The van der Waals surface area contributed by atoms with Crippen molar-refractivity contribution in [3.05, 3.63) is 0 Å². The van der Waals surface area contributed by atoms with Gasteiger partial charge in [0.05, 0.1) is 0 Å². The maximum absolute atomic E-state index is 5.11. The molecule has 56 valence electrons. The van der Waals surface area contributed by atoms with Crippen molar-refractivity contribution in [3.8, 4) is 0 Å². The normalized spacial score (nSPS) is 27.6. The molecule has 4 heteroatoms. The van der Waals surface area contributed by atoms with Crippen molar-refractivity contribution < 1.29 is 0 Å². The molecule has 0 unspecified atom stereocenters. The van der Waals surface area contributed by atoms with Crippen LogP contribution in [0.4, 0.5) is 0 Å². The molecular weight excluding hydrogens is 128 g/mol. The Labute approximate surface area is 60.0 Å². The first-order valence-electron chi connectivity index (χ1n) is 3.38. The van der Waals surface area contributed by atoms with Crippen LogP contribution in [0, 0.1) is 0 Å².